The fourth-order valence-electron chi connectivity index (χ4n) is 3.07. The van der Waals surface area contributed by atoms with Crippen molar-refractivity contribution in [1.29, 1.82) is 0 Å². The SMILES string of the molecule is O=S(=O)(c1cnc[nH]1)N1CCCC(N2CCCC2)C1. The topological polar surface area (TPSA) is 69.3 Å². The van der Waals surface area contributed by atoms with E-state index in [2.05, 4.69) is 14.9 Å². The van der Waals surface area contributed by atoms with Gasteiger partial charge in [-0.25, -0.2) is 13.4 Å². The number of rotatable bonds is 3. The van der Waals surface area contributed by atoms with Gasteiger partial charge in [-0.15, -0.1) is 0 Å². The zero-order valence-corrected chi connectivity index (χ0v) is 11.8. The molecule has 1 aromatic heterocycles. The predicted octanol–water partition coefficient (Wildman–Crippen LogP) is 0.659. The van der Waals surface area contributed by atoms with Crippen LogP contribution >= 0.6 is 0 Å². The van der Waals surface area contributed by atoms with E-state index in [1.165, 1.54) is 25.4 Å². The molecular weight excluding hydrogens is 264 g/mol. The predicted molar refractivity (Wildman–Crippen MR) is 71.2 cm³/mol. The van der Waals surface area contributed by atoms with Crippen molar-refractivity contribution in [3.05, 3.63) is 12.5 Å². The quantitative estimate of drug-likeness (QED) is 0.885. The van der Waals surface area contributed by atoms with Crippen LogP contribution in [0.25, 0.3) is 0 Å². The Bertz CT molecular complexity index is 508. The largest absolute Gasteiger partial charge is 0.335 e. The molecule has 1 atom stereocenters. The van der Waals surface area contributed by atoms with Gasteiger partial charge in [-0.3, -0.25) is 4.90 Å². The van der Waals surface area contributed by atoms with E-state index < -0.39 is 10.0 Å². The molecule has 1 aromatic rings. The molecule has 106 valence electrons. The van der Waals surface area contributed by atoms with Crippen LogP contribution in [0.1, 0.15) is 25.7 Å². The number of hydrogen-bond acceptors (Lipinski definition) is 4. The van der Waals surface area contributed by atoms with Crippen molar-refractivity contribution in [1.82, 2.24) is 19.2 Å². The number of nitrogens with zero attached hydrogens (tertiary/aromatic N) is 3. The number of hydrogen-bond donors (Lipinski definition) is 1. The molecule has 0 amide bonds. The van der Waals surface area contributed by atoms with Crippen LogP contribution in [0.3, 0.4) is 0 Å². The summed E-state index contributed by atoms with van der Waals surface area (Å²) < 4.78 is 26.5. The minimum atomic E-state index is -3.39. The van der Waals surface area contributed by atoms with E-state index >= 15 is 0 Å². The Morgan fingerprint density at radius 1 is 1.21 bits per heavy atom. The summed E-state index contributed by atoms with van der Waals surface area (Å²) in [6.07, 6.45) is 7.32. The van der Waals surface area contributed by atoms with E-state index in [9.17, 15) is 8.42 Å². The lowest BCUT2D eigenvalue weighted by atomic mass is 10.1. The number of likely N-dealkylation sites (tertiary alicyclic amines) is 1. The highest BCUT2D eigenvalue weighted by molar-refractivity contribution is 7.89. The minimum Gasteiger partial charge on any atom is -0.335 e. The minimum absolute atomic E-state index is 0.203. The molecule has 2 saturated heterocycles. The molecule has 0 aliphatic carbocycles. The summed E-state index contributed by atoms with van der Waals surface area (Å²) in [5.74, 6) is 0. The van der Waals surface area contributed by atoms with Gasteiger partial charge >= 0.3 is 0 Å². The van der Waals surface area contributed by atoms with Crippen LogP contribution in [0.15, 0.2) is 17.6 Å². The zero-order valence-electron chi connectivity index (χ0n) is 11.0. The fraction of sp³-hybridized carbons (Fsp3) is 0.750. The molecule has 0 aromatic carbocycles. The van der Waals surface area contributed by atoms with Crippen molar-refractivity contribution in [2.75, 3.05) is 26.2 Å². The van der Waals surface area contributed by atoms with Crippen molar-refractivity contribution < 1.29 is 8.42 Å². The summed E-state index contributed by atoms with van der Waals surface area (Å²) in [5.41, 5.74) is 0. The number of nitrogens with one attached hydrogen (secondary N) is 1. The Morgan fingerprint density at radius 2 is 2.00 bits per heavy atom. The van der Waals surface area contributed by atoms with Crippen LogP contribution in [0.4, 0.5) is 0 Å². The molecule has 3 heterocycles. The van der Waals surface area contributed by atoms with Gasteiger partial charge in [0, 0.05) is 19.1 Å². The maximum atomic E-state index is 12.4. The molecule has 3 rings (SSSR count). The molecule has 2 fully saturated rings. The molecule has 2 aliphatic heterocycles. The van der Waals surface area contributed by atoms with E-state index in [4.69, 9.17) is 0 Å². The third-order valence-electron chi connectivity index (χ3n) is 4.11. The van der Waals surface area contributed by atoms with Gasteiger partial charge in [0.25, 0.3) is 10.0 Å². The first-order chi connectivity index (χ1) is 9.18. The third-order valence-corrected chi connectivity index (χ3v) is 5.90. The molecule has 2 aliphatic rings. The van der Waals surface area contributed by atoms with Gasteiger partial charge in [0.2, 0.25) is 0 Å². The highest BCUT2D eigenvalue weighted by atomic mass is 32.2. The second kappa shape index (κ2) is 5.22. The Labute approximate surface area is 113 Å². The smallest absolute Gasteiger partial charge is 0.260 e. The Balaban J connectivity index is 1.74. The maximum Gasteiger partial charge on any atom is 0.260 e. The monoisotopic (exact) mass is 284 g/mol. The summed E-state index contributed by atoms with van der Waals surface area (Å²) in [7, 11) is -3.39. The first-order valence-corrected chi connectivity index (χ1v) is 8.34. The lowest BCUT2D eigenvalue weighted by molar-refractivity contribution is 0.162. The van der Waals surface area contributed by atoms with E-state index in [1.807, 2.05) is 0 Å². The Kier molecular flexibility index (Phi) is 3.60. The standard InChI is InChI=1S/C12H20N4O2S/c17-19(18,12-8-13-10-14-12)16-7-3-4-11(9-16)15-5-1-2-6-15/h8,10-11H,1-7,9H2,(H,13,14). The molecule has 6 nitrogen and oxygen atoms in total. The Morgan fingerprint density at radius 3 is 2.68 bits per heavy atom. The van der Waals surface area contributed by atoms with Gasteiger partial charge in [-0.05, 0) is 38.8 Å². The first-order valence-electron chi connectivity index (χ1n) is 6.90. The van der Waals surface area contributed by atoms with Crippen LogP contribution in [0.2, 0.25) is 0 Å². The maximum absolute atomic E-state index is 12.4. The molecule has 1 unspecified atom stereocenters. The molecule has 0 radical (unpaired) electrons. The van der Waals surface area contributed by atoms with Gasteiger partial charge in [-0.2, -0.15) is 4.31 Å². The van der Waals surface area contributed by atoms with Crippen LogP contribution in [-0.2, 0) is 10.0 Å². The summed E-state index contributed by atoms with van der Waals surface area (Å²) in [6.45, 7) is 3.46. The van der Waals surface area contributed by atoms with E-state index in [0.717, 1.165) is 25.9 Å². The van der Waals surface area contributed by atoms with Gasteiger partial charge in [0.1, 0.15) is 0 Å². The molecule has 7 heteroatoms. The molecule has 0 saturated carbocycles. The second-order valence-electron chi connectivity index (χ2n) is 5.32. The van der Waals surface area contributed by atoms with E-state index in [-0.39, 0.29) is 5.03 Å². The summed E-state index contributed by atoms with van der Waals surface area (Å²) >= 11 is 0. The van der Waals surface area contributed by atoms with Crippen LogP contribution in [0.5, 0.6) is 0 Å². The number of H-pyrrole nitrogens is 1. The van der Waals surface area contributed by atoms with Gasteiger partial charge in [0.05, 0.1) is 12.5 Å². The average molecular weight is 284 g/mol. The van der Waals surface area contributed by atoms with Crippen LogP contribution in [0, 0.1) is 0 Å². The summed E-state index contributed by atoms with van der Waals surface area (Å²) in [6, 6.07) is 0.383. The number of aromatic amines is 1. The molecule has 1 N–H and O–H groups in total. The van der Waals surface area contributed by atoms with Gasteiger partial charge in [-0.1, -0.05) is 0 Å². The zero-order chi connectivity index (χ0) is 13.3. The summed E-state index contributed by atoms with van der Waals surface area (Å²) in [5, 5.41) is 0.203. The molecule has 0 spiro atoms. The number of aromatic nitrogens is 2. The lowest BCUT2D eigenvalue weighted by Crippen LogP contribution is -2.48. The third kappa shape index (κ3) is 2.54. The van der Waals surface area contributed by atoms with Crippen molar-refractivity contribution in [3.8, 4) is 0 Å². The molecule has 19 heavy (non-hydrogen) atoms. The van der Waals surface area contributed by atoms with Gasteiger partial charge < -0.3 is 4.98 Å². The fourth-order valence-corrected chi connectivity index (χ4v) is 4.48. The number of piperidine rings is 1. The second-order valence-corrected chi connectivity index (χ2v) is 7.22. The molecular formula is C12H20N4O2S. The Hall–Kier alpha value is -0.920. The summed E-state index contributed by atoms with van der Waals surface area (Å²) in [4.78, 5) is 8.95. The molecule has 0 bridgehead atoms. The van der Waals surface area contributed by atoms with Crippen LogP contribution < -0.4 is 0 Å². The number of sulfonamides is 1. The van der Waals surface area contributed by atoms with Crippen molar-refractivity contribution in [3.63, 3.8) is 0 Å². The highest BCUT2D eigenvalue weighted by Crippen LogP contribution is 2.24. The van der Waals surface area contributed by atoms with Crippen molar-refractivity contribution in [2.45, 2.75) is 36.8 Å². The lowest BCUT2D eigenvalue weighted by Gasteiger charge is -2.36. The average Bonchev–Trinajstić information content (AvgIpc) is 3.12. The van der Waals surface area contributed by atoms with Crippen molar-refractivity contribution >= 4 is 10.0 Å². The van der Waals surface area contributed by atoms with E-state index in [1.54, 1.807) is 4.31 Å². The van der Waals surface area contributed by atoms with Crippen molar-refractivity contribution in [2.24, 2.45) is 0 Å². The normalized spacial score (nSPS) is 26.8. The van der Waals surface area contributed by atoms with Gasteiger partial charge in [0.15, 0.2) is 5.03 Å². The number of imidazole rings is 1. The van der Waals surface area contributed by atoms with Crippen LogP contribution in [-0.4, -0.2) is 59.8 Å². The first kappa shape index (κ1) is 13.1. The van der Waals surface area contributed by atoms with E-state index in [0.29, 0.717) is 19.1 Å². The highest BCUT2D eigenvalue weighted by Gasteiger charge is 2.34.